The van der Waals surface area contributed by atoms with E-state index in [-0.39, 0.29) is 0 Å². The minimum atomic E-state index is -0.432. The fourth-order valence-electron chi connectivity index (χ4n) is 3.29. The molecule has 3 aromatic heterocycles. The van der Waals surface area contributed by atoms with Crippen molar-refractivity contribution in [3.8, 4) is 11.3 Å². The summed E-state index contributed by atoms with van der Waals surface area (Å²) in [5.41, 5.74) is 6.57. The van der Waals surface area contributed by atoms with Crippen molar-refractivity contribution in [2.75, 3.05) is 7.11 Å². The summed E-state index contributed by atoms with van der Waals surface area (Å²) in [6.07, 6.45) is 4.20. The number of carbonyl (C=O) groups is 1. The maximum Gasteiger partial charge on any atom is 0.356 e. The fraction of sp³-hybridized carbons (Fsp3) is 0.136. The van der Waals surface area contributed by atoms with E-state index in [4.69, 9.17) is 4.74 Å². The fourth-order valence-corrected chi connectivity index (χ4v) is 3.29. The van der Waals surface area contributed by atoms with Crippen LogP contribution in [0, 0.1) is 6.92 Å². The molecule has 0 aliphatic heterocycles. The van der Waals surface area contributed by atoms with Crippen LogP contribution in [0.2, 0.25) is 0 Å². The predicted octanol–water partition coefficient (Wildman–Crippen LogP) is 4.31. The number of hydrogen-bond acceptors (Lipinski definition) is 4. The molecular weight excluding hydrogens is 338 g/mol. The van der Waals surface area contributed by atoms with Gasteiger partial charge in [-0.15, -0.1) is 0 Å². The summed E-state index contributed by atoms with van der Waals surface area (Å²) < 4.78 is 4.79. The van der Waals surface area contributed by atoms with Crippen LogP contribution in [0.25, 0.3) is 22.2 Å². The van der Waals surface area contributed by atoms with Gasteiger partial charge in [-0.25, -0.2) is 9.78 Å². The first-order valence-corrected chi connectivity index (χ1v) is 8.71. The van der Waals surface area contributed by atoms with Gasteiger partial charge in [0.2, 0.25) is 0 Å². The molecule has 3 heterocycles. The largest absolute Gasteiger partial charge is 0.464 e. The van der Waals surface area contributed by atoms with Crippen molar-refractivity contribution in [2.24, 2.45) is 0 Å². The van der Waals surface area contributed by atoms with Gasteiger partial charge in [0.05, 0.1) is 12.8 Å². The predicted molar refractivity (Wildman–Crippen MR) is 105 cm³/mol. The first kappa shape index (κ1) is 17.0. The summed E-state index contributed by atoms with van der Waals surface area (Å²) in [4.78, 5) is 24.1. The van der Waals surface area contributed by atoms with E-state index < -0.39 is 5.97 Å². The van der Waals surface area contributed by atoms with Crippen molar-refractivity contribution in [1.82, 2.24) is 15.0 Å². The van der Waals surface area contributed by atoms with Gasteiger partial charge in [-0.1, -0.05) is 18.2 Å². The van der Waals surface area contributed by atoms with Gasteiger partial charge in [-0.2, -0.15) is 0 Å². The lowest BCUT2D eigenvalue weighted by Crippen LogP contribution is -2.06. The highest BCUT2D eigenvalue weighted by Crippen LogP contribution is 2.32. The molecule has 5 nitrogen and oxygen atoms in total. The van der Waals surface area contributed by atoms with E-state index in [2.05, 4.69) is 40.1 Å². The van der Waals surface area contributed by atoms with Crippen molar-refractivity contribution in [1.29, 1.82) is 0 Å². The second kappa shape index (κ2) is 7.03. The number of aryl methyl sites for hydroxylation is 1. The van der Waals surface area contributed by atoms with Gasteiger partial charge in [0.15, 0.2) is 0 Å². The highest BCUT2D eigenvalue weighted by Gasteiger charge is 2.16. The molecule has 0 saturated carbocycles. The Morgan fingerprint density at radius 1 is 1.15 bits per heavy atom. The van der Waals surface area contributed by atoms with Crippen LogP contribution in [0.5, 0.6) is 0 Å². The van der Waals surface area contributed by atoms with Crippen LogP contribution < -0.4 is 0 Å². The van der Waals surface area contributed by atoms with Gasteiger partial charge in [0.1, 0.15) is 5.69 Å². The minimum Gasteiger partial charge on any atom is -0.464 e. The van der Waals surface area contributed by atoms with E-state index in [0.29, 0.717) is 12.1 Å². The number of fused-ring (bicyclic) bond motifs is 1. The SMILES string of the molecule is COC(=O)c1cccc(Cc2c(-c3cccnc3)[nH]c3cc(C)ccc23)n1. The Balaban J connectivity index is 1.84. The van der Waals surface area contributed by atoms with E-state index in [1.54, 1.807) is 12.3 Å². The third-order valence-electron chi connectivity index (χ3n) is 4.57. The van der Waals surface area contributed by atoms with Crippen LogP contribution in [0.15, 0.2) is 60.9 Å². The first-order chi connectivity index (χ1) is 13.2. The lowest BCUT2D eigenvalue weighted by atomic mass is 10.0. The molecule has 0 amide bonds. The Morgan fingerprint density at radius 2 is 2.04 bits per heavy atom. The number of aromatic amines is 1. The number of aromatic nitrogens is 3. The molecular formula is C22H19N3O2. The topological polar surface area (TPSA) is 67.9 Å². The molecule has 0 atom stereocenters. The third kappa shape index (κ3) is 3.31. The number of esters is 1. The number of pyridine rings is 2. The summed E-state index contributed by atoms with van der Waals surface area (Å²) in [6.45, 7) is 2.07. The molecule has 0 saturated heterocycles. The number of rotatable bonds is 4. The van der Waals surface area contributed by atoms with E-state index in [0.717, 1.165) is 33.4 Å². The zero-order valence-electron chi connectivity index (χ0n) is 15.2. The van der Waals surface area contributed by atoms with E-state index in [1.165, 1.54) is 12.7 Å². The molecule has 0 bridgehead atoms. The van der Waals surface area contributed by atoms with Crippen LogP contribution in [-0.2, 0) is 11.2 Å². The Bertz CT molecular complexity index is 1120. The highest BCUT2D eigenvalue weighted by molar-refractivity contribution is 5.91. The molecule has 27 heavy (non-hydrogen) atoms. The van der Waals surface area contributed by atoms with E-state index >= 15 is 0 Å². The van der Waals surface area contributed by atoms with Gasteiger partial charge in [0, 0.05) is 41.0 Å². The number of hydrogen-bond donors (Lipinski definition) is 1. The summed E-state index contributed by atoms with van der Waals surface area (Å²) in [5, 5.41) is 1.14. The molecule has 1 N–H and O–H groups in total. The van der Waals surface area contributed by atoms with Gasteiger partial charge in [0.25, 0.3) is 0 Å². The van der Waals surface area contributed by atoms with Crippen molar-refractivity contribution in [3.63, 3.8) is 0 Å². The molecule has 0 unspecified atom stereocenters. The molecule has 0 fully saturated rings. The normalized spacial score (nSPS) is 10.9. The molecule has 0 aliphatic rings. The van der Waals surface area contributed by atoms with Crippen LogP contribution in [0.4, 0.5) is 0 Å². The number of nitrogens with zero attached hydrogens (tertiary/aromatic N) is 2. The third-order valence-corrected chi connectivity index (χ3v) is 4.57. The van der Waals surface area contributed by atoms with Crippen molar-refractivity contribution >= 4 is 16.9 Å². The van der Waals surface area contributed by atoms with Crippen LogP contribution in [0.1, 0.15) is 27.3 Å². The van der Waals surface area contributed by atoms with Crippen molar-refractivity contribution in [3.05, 3.63) is 83.4 Å². The monoisotopic (exact) mass is 357 g/mol. The molecule has 4 rings (SSSR count). The van der Waals surface area contributed by atoms with E-state index in [1.807, 2.05) is 30.5 Å². The number of methoxy groups -OCH3 is 1. The molecule has 134 valence electrons. The average molecular weight is 357 g/mol. The Labute approximate surface area is 157 Å². The van der Waals surface area contributed by atoms with Crippen molar-refractivity contribution in [2.45, 2.75) is 13.3 Å². The number of carbonyl (C=O) groups excluding carboxylic acids is 1. The number of H-pyrrole nitrogens is 1. The van der Waals surface area contributed by atoms with Crippen LogP contribution in [0.3, 0.4) is 0 Å². The lowest BCUT2D eigenvalue weighted by Gasteiger charge is -2.06. The molecule has 0 radical (unpaired) electrons. The molecule has 1 aromatic carbocycles. The molecule has 0 spiro atoms. The summed E-state index contributed by atoms with van der Waals surface area (Å²) in [5.74, 6) is -0.432. The quantitative estimate of drug-likeness (QED) is 0.553. The number of nitrogens with one attached hydrogen (secondary N) is 1. The second-order valence-corrected chi connectivity index (χ2v) is 6.45. The zero-order chi connectivity index (χ0) is 18.8. The Kier molecular flexibility index (Phi) is 4.42. The maximum absolute atomic E-state index is 11.8. The van der Waals surface area contributed by atoms with Crippen molar-refractivity contribution < 1.29 is 9.53 Å². The minimum absolute atomic E-state index is 0.314. The second-order valence-electron chi connectivity index (χ2n) is 6.45. The standard InChI is InChI=1S/C22H19N3O2/c1-14-8-9-17-18(12-16-6-3-7-19(24-16)22(26)27-2)21(25-20(17)11-14)15-5-4-10-23-13-15/h3-11,13,25H,12H2,1-2H3. The molecule has 0 aliphatic carbocycles. The number of ether oxygens (including phenoxy) is 1. The lowest BCUT2D eigenvalue weighted by molar-refractivity contribution is 0.0593. The first-order valence-electron chi connectivity index (χ1n) is 8.71. The molecule has 5 heteroatoms. The summed E-state index contributed by atoms with van der Waals surface area (Å²) in [6, 6.07) is 15.7. The average Bonchev–Trinajstić information content (AvgIpc) is 3.05. The molecule has 4 aromatic rings. The van der Waals surface area contributed by atoms with Gasteiger partial charge >= 0.3 is 5.97 Å². The summed E-state index contributed by atoms with van der Waals surface area (Å²) >= 11 is 0. The summed E-state index contributed by atoms with van der Waals surface area (Å²) in [7, 11) is 1.36. The number of benzene rings is 1. The maximum atomic E-state index is 11.8. The van der Waals surface area contributed by atoms with E-state index in [9.17, 15) is 4.79 Å². The Hall–Kier alpha value is -3.47. The van der Waals surface area contributed by atoms with Crippen LogP contribution in [-0.4, -0.2) is 28.0 Å². The zero-order valence-corrected chi connectivity index (χ0v) is 15.2. The highest BCUT2D eigenvalue weighted by atomic mass is 16.5. The Morgan fingerprint density at radius 3 is 2.81 bits per heavy atom. The van der Waals surface area contributed by atoms with Crippen LogP contribution >= 0.6 is 0 Å². The van der Waals surface area contributed by atoms with Gasteiger partial charge < -0.3 is 9.72 Å². The van der Waals surface area contributed by atoms with Gasteiger partial charge in [-0.05, 0) is 48.4 Å². The van der Waals surface area contributed by atoms with Gasteiger partial charge in [-0.3, -0.25) is 4.98 Å². The smallest absolute Gasteiger partial charge is 0.356 e.